The van der Waals surface area contributed by atoms with Gasteiger partial charge in [0.25, 0.3) is 5.91 Å². The highest BCUT2D eigenvalue weighted by molar-refractivity contribution is 6.04. The number of hydrogen-bond acceptors (Lipinski definition) is 6. The summed E-state index contributed by atoms with van der Waals surface area (Å²) in [4.78, 5) is 21.0. The molecule has 0 radical (unpaired) electrons. The van der Waals surface area contributed by atoms with Gasteiger partial charge in [-0.05, 0) is 69.3 Å². The summed E-state index contributed by atoms with van der Waals surface area (Å²) in [7, 11) is 1.59. The molecule has 29 heavy (non-hydrogen) atoms. The van der Waals surface area contributed by atoms with Crippen molar-refractivity contribution in [2.24, 2.45) is 0 Å². The molecule has 0 aliphatic carbocycles. The first kappa shape index (κ1) is 20.1. The Morgan fingerprint density at radius 3 is 2.24 bits per heavy atom. The molecule has 0 spiro atoms. The third-order valence-electron chi connectivity index (χ3n) is 3.94. The van der Waals surface area contributed by atoms with E-state index in [1.54, 1.807) is 37.4 Å². The average molecular weight is 392 g/mol. The molecule has 2 aromatic carbocycles. The molecule has 0 saturated heterocycles. The molecule has 0 aliphatic heterocycles. The maximum absolute atomic E-state index is 12.4. The van der Waals surface area contributed by atoms with E-state index < -0.39 is 0 Å². The molecular formula is C22H24N4O3. The van der Waals surface area contributed by atoms with Gasteiger partial charge in [-0.25, -0.2) is 4.98 Å². The fourth-order valence-corrected chi connectivity index (χ4v) is 2.64. The first-order chi connectivity index (χ1) is 13.9. The molecule has 1 aromatic heterocycles. The zero-order valence-corrected chi connectivity index (χ0v) is 16.9. The molecule has 0 atom stereocenters. The molecule has 3 rings (SSSR count). The number of benzene rings is 2. The van der Waals surface area contributed by atoms with Crippen molar-refractivity contribution >= 4 is 23.1 Å². The van der Waals surface area contributed by atoms with Crippen molar-refractivity contribution < 1.29 is 14.3 Å². The van der Waals surface area contributed by atoms with Crippen molar-refractivity contribution in [3.05, 3.63) is 66.0 Å². The van der Waals surface area contributed by atoms with Gasteiger partial charge in [0.15, 0.2) is 0 Å². The summed E-state index contributed by atoms with van der Waals surface area (Å²) >= 11 is 0. The van der Waals surface area contributed by atoms with Gasteiger partial charge in [0, 0.05) is 23.0 Å². The van der Waals surface area contributed by atoms with E-state index in [-0.39, 0.29) is 12.0 Å². The van der Waals surface area contributed by atoms with Crippen LogP contribution in [0.25, 0.3) is 0 Å². The quantitative estimate of drug-likeness (QED) is 0.612. The van der Waals surface area contributed by atoms with Crippen LogP contribution in [-0.4, -0.2) is 29.1 Å². The van der Waals surface area contributed by atoms with E-state index >= 15 is 0 Å². The molecule has 7 nitrogen and oxygen atoms in total. The number of methoxy groups -OCH3 is 1. The summed E-state index contributed by atoms with van der Waals surface area (Å²) in [5.41, 5.74) is 2.09. The Morgan fingerprint density at radius 1 is 0.966 bits per heavy atom. The van der Waals surface area contributed by atoms with Crippen LogP contribution in [0.1, 0.15) is 30.0 Å². The van der Waals surface area contributed by atoms with Crippen molar-refractivity contribution in [1.29, 1.82) is 0 Å². The summed E-state index contributed by atoms with van der Waals surface area (Å²) in [6.07, 6.45) is 0.0331. The Kier molecular flexibility index (Phi) is 6.29. The van der Waals surface area contributed by atoms with Crippen LogP contribution < -0.4 is 20.1 Å². The van der Waals surface area contributed by atoms with E-state index in [9.17, 15) is 4.79 Å². The number of aryl methyl sites for hydroxylation is 1. The van der Waals surface area contributed by atoms with Gasteiger partial charge < -0.3 is 20.1 Å². The number of anilines is 3. The molecule has 0 saturated carbocycles. The van der Waals surface area contributed by atoms with Crippen LogP contribution in [0.3, 0.4) is 0 Å². The number of rotatable bonds is 7. The predicted octanol–water partition coefficient (Wildman–Crippen LogP) is 4.58. The Bertz CT molecular complexity index is 970. The van der Waals surface area contributed by atoms with Crippen LogP contribution in [0.15, 0.2) is 54.6 Å². The van der Waals surface area contributed by atoms with Crippen molar-refractivity contribution in [2.45, 2.75) is 26.9 Å². The number of carbonyl (C=O) groups excluding carboxylic acids is 1. The molecule has 0 fully saturated rings. The number of aromatic nitrogens is 2. The van der Waals surface area contributed by atoms with Crippen molar-refractivity contribution in [3.8, 4) is 11.6 Å². The summed E-state index contributed by atoms with van der Waals surface area (Å²) in [5.74, 6) is 2.31. The van der Waals surface area contributed by atoms with Crippen molar-refractivity contribution in [2.75, 3.05) is 17.7 Å². The Labute approximate surface area is 170 Å². The number of nitrogens with one attached hydrogen (secondary N) is 2. The van der Waals surface area contributed by atoms with Gasteiger partial charge >= 0.3 is 0 Å². The summed E-state index contributed by atoms with van der Waals surface area (Å²) in [6.45, 7) is 5.71. The van der Waals surface area contributed by atoms with Crippen LogP contribution >= 0.6 is 0 Å². The monoisotopic (exact) mass is 392 g/mol. The number of hydrogen-bond donors (Lipinski definition) is 2. The normalized spacial score (nSPS) is 10.5. The fraction of sp³-hybridized carbons (Fsp3) is 0.227. The molecule has 3 aromatic rings. The van der Waals surface area contributed by atoms with Gasteiger partial charge in [0.2, 0.25) is 5.88 Å². The molecule has 0 unspecified atom stereocenters. The van der Waals surface area contributed by atoms with E-state index in [1.807, 2.05) is 45.0 Å². The van der Waals surface area contributed by atoms with Crippen LogP contribution in [-0.2, 0) is 0 Å². The number of carbonyl (C=O) groups is 1. The van der Waals surface area contributed by atoms with Crippen LogP contribution in [0.5, 0.6) is 11.6 Å². The third kappa shape index (κ3) is 5.68. The lowest BCUT2D eigenvalue weighted by Gasteiger charge is -2.12. The molecule has 2 N–H and O–H groups in total. The SMILES string of the molecule is COc1ccc(C(=O)Nc2ccc(Nc3cc(OC(C)C)nc(C)n3)cc2)cc1. The van der Waals surface area contributed by atoms with Crippen LogP contribution in [0.2, 0.25) is 0 Å². The first-order valence-electron chi connectivity index (χ1n) is 9.28. The molecule has 0 bridgehead atoms. The van der Waals surface area contributed by atoms with Gasteiger partial charge in [-0.1, -0.05) is 0 Å². The van der Waals surface area contributed by atoms with E-state index in [0.717, 1.165) is 5.69 Å². The third-order valence-corrected chi connectivity index (χ3v) is 3.94. The fourth-order valence-electron chi connectivity index (χ4n) is 2.64. The highest BCUT2D eigenvalue weighted by Crippen LogP contribution is 2.21. The molecular weight excluding hydrogens is 368 g/mol. The molecule has 0 aliphatic rings. The summed E-state index contributed by atoms with van der Waals surface area (Å²) in [6, 6.07) is 16.1. The number of amides is 1. The second kappa shape index (κ2) is 9.05. The van der Waals surface area contributed by atoms with Gasteiger partial charge in [-0.15, -0.1) is 0 Å². The standard InChI is InChI=1S/C22H24N4O3/c1-14(2)29-21-13-20(23-15(3)24-21)25-17-7-9-18(10-8-17)26-22(27)16-5-11-19(28-4)12-6-16/h5-14H,1-4H3,(H,26,27)(H,23,24,25). The van der Waals surface area contributed by atoms with E-state index in [0.29, 0.717) is 34.5 Å². The molecule has 7 heteroatoms. The van der Waals surface area contributed by atoms with Gasteiger partial charge in [0.1, 0.15) is 17.4 Å². The minimum absolute atomic E-state index is 0.0331. The van der Waals surface area contributed by atoms with E-state index in [2.05, 4.69) is 20.6 Å². The Hall–Kier alpha value is -3.61. The smallest absolute Gasteiger partial charge is 0.255 e. The lowest BCUT2D eigenvalue weighted by Crippen LogP contribution is -2.11. The van der Waals surface area contributed by atoms with Crippen LogP contribution in [0, 0.1) is 6.92 Å². The summed E-state index contributed by atoms with van der Waals surface area (Å²) < 4.78 is 10.8. The molecule has 1 amide bonds. The zero-order chi connectivity index (χ0) is 20.8. The maximum Gasteiger partial charge on any atom is 0.255 e. The van der Waals surface area contributed by atoms with Crippen molar-refractivity contribution in [1.82, 2.24) is 9.97 Å². The van der Waals surface area contributed by atoms with E-state index in [1.165, 1.54) is 0 Å². The molecule has 150 valence electrons. The lowest BCUT2D eigenvalue weighted by atomic mass is 10.2. The molecule has 1 heterocycles. The first-order valence-corrected chi connectivity index (χ1v) is 9.28. The van der Waals surface area contributed by atoms with Crippen molar-refractivity contribution in [3.63, 3.8) is 0 Å². The highest BCUT2D eigenvalue weighted by Gasteiger charge is 2.08. The highest BCUT2D eigenvalue weighted by atomic mass is 16.5. The zero-order valence-electron chi connectivity index (χ0n) is 16.9. The van der Waals surface area contributed by atoms with Crippen LogP contribution in [0.4, 0.5) is 17.2 Å². The second-order valence-electron chi connectivity index (χ2n) is 6.69. The number of ether oxygens (including phenoxy) is 2. The predicted molar refractivity (Wildman–Crippen MR) is 113 cm³/mol. The largest absolute Gasteiger partial charge is 0.497 e. The van der Waals surface area contributed by atoms with E-state index in [4.69, 9.17) is 9.47 Å². The summed E-state index contributed by atoms with van der Waals surface area (Å²) in [5, 5.41) is 6.10. The average Bonchev–Trinajstić information content (AvgIpc) is 2.68. The lowest BCUT2D eigenvalue weighted by molar-refractivity contribution is 0.102. The Morgan fingerprint density at radius 2 is 1.62 bits per heavy atom. The topological polar surface area (TPSA) is 85.4 Å². The van der Waals surface area contributed by atoms with Gasteiger partial charge in [0.05, 0.1) is 13.2 Å². The second-order valence-corrected chi connectivity index (χ2v) is 6.69. The maximum atomic E-state index is 12.4. The van der Waals surface area contributed by atoms with Gasteiger partial charge in [-0.2, -0.15) is 4.98 Å². The van der Waals surface area contributed by atoms with Gasteiger partial charge in [-0.3, -0.25) is 4.79 Å². The number of nitrogens with zero attached hydrogens (tertiary/aromatic N) is 2. The Balaban J connectivity index is 1.65. The minimum Gasteiger partial charge on any atom is -0.497 e. The minimum atomic E-state index is -0.185.